The Labute approximate surface area is 121 Å². The molecule has 0 unspecified atom stereocenters. The molecule has 1 rings (SSSR count). The Kier molecular flexibility index (Phi) is 14.3. The maximum atomic E-state index is 2.57. The summed E-state index contributed by atoms with van der Waals surface area (Å²) >= 11 is 0. The normalized spacial score (nSPS) is 17.8. The van der Waals surface area contributed by atoms with Gasteiger partial charge in [-0.2, -0.15) is 12.8 Å². The molecule has 1 fully saturated rings. The first-order valence-electron chi connectivity index (χ1n) is 4.47. The van der Waals surface area contributed by atoms with E-state index in [9.17, 15) is 0 Å². The van der Waals surface area contributed by atoms with Crippen LogP contribution in [0, 0.1) is 13.8 Å². The van der Waals surface area contributed by atoms with Crippen LogP contribution in [0.25, 0.3) is 0 Å². The summed E-state index contributed by atoms with van der Waals surface area (Å²) in [5, 5.41) is 0. The van der Waals surface area contributed by atoms with Gasteiger partial charge in [0, 0.05) is 0 Å². The largest absolute Gasteiger partial charge is 1.00 e. The monoisotopic (exact) mass is 194 g/mol. The first-order chi connectivity index (χ1) is 4.93. The minimum Gasteiger partial charge on any atom is -0.358 e. The van der Waals surface area contributed by atoms with Crippen LogP contribution in [0.4, 0.5) is 0 Å². The van der Waals surface area contributed by atoms with Gasteiger partial charge in [-0.3, -0.25) is 0 Å². The summed E-state index contributed by atoms with van der Waals surface area (Å²) in [5.74, 6) is 0. The van der Waals surface area contributed by atoms with Crippen molar-refractivity contribution in [1.29, 1.82) is 0 Å². The predicted octanol–water partition coefficient (Wildman–Crippen LogP) is -0.459. The van der Waals surface area contributed by atoms with Crippen LogP contribution in [0.2, 0.25) is 0 Å². The summed E-state index contributed by atoms with van der Waals surface area (Å²) in [6.07, 6.45) is 7.73. The van der Waals surface area contributed by atoms with Crippen molar-refractivity contribution in [3.63, 3.8) is 0 Å². The van der Waals surface area contributed by atoms with Gasteiger partial charge in [-0.05, 0) is 26.1 Å². The Morgan fingerprint density at radius 2 is 1.83 bits per heavy atom. The molecule has 0 aromatic rings. The minimum absolute atomic E-state index is 0. The van der Waals surface area contributed by atoms with Crippen LogP contribution in [0.15, 0.2) is 0 Å². The summed E-state index contributed by atoms with van der Waals surface area (Å²) < 4.78 is 0. The molecular formula is C10H21KN-. The van der Waals surface area contributed by atoms with Gasteiger partial charge in [-0.1, -0.05) is 13.3 Å². The van der Waals surface area contributed by atoms with Gasteiger partial charge in [0.2, 0.25) is 0 Å². The Hall–Kier alpha value is 1.60. The van der Waals surface area contributed by atoms with Crippen LogP contribution in [-0.4, -0.2) is 24.5 Å². The standard InChI is InChI=1S/C9H18N.CH3.K/c1-2-3-7-10-8-5-4-6-9-10;;/h4H,2-3,5-9H2,1H3;1H3;/q2*-1;+1. The molecule has 68 valence electrons. The summed E-state index contributed by atoms with van der Waals surface area (Å²) in [4.78, 5) is 2.57. The summed E-state index contributed by atoms with van der Waals surface area (Å²) in [7, 11) is 0. The van der Waals surface area contributed by atoms with Crippen LogP contribution < -0.4 is 51.4 Å². The molecule has 0 aromatic carbocycles. The first kappa shape index (κ1) is 16.0. The topological polar surface area (TPSA) is 3.24 Å². The summed E-state index contributed by atoms with van der Waals surface area (Å²) in [6, 6.07) is 0. The number of likely N-dealkylation sites (tertiary alicyclic amines) is 1. The smallest absolute Gasteiger partial charge is 0.358 e. The van der Waals surface area contributed by atoms with E-state index in [-0.39, 0.29) is 58.8 Å². The SMILES string of the molecule is CCCCN1CC[CH-]CC1.[CH3-].[K+]. The zero-order valence-electron chi connectivity index (χ0n) is 8.97. The second kappa shape index (κ2) is 10.7. The molecule has 0 atom stereocenters. The van der Waals surface area contributed by atoms with E-state index in [4.69, 9.17) is 0 Å². The van der Waals surface area contributed by atoms with Gasteiger partial charge in [0.1, 0.15) is 0 Å². The molecule has 0 N–H and O–H groups in total. The van der Waals surface area contributed by atoms with Gasteiger partial charge < -0.3 is 18.7 Å². The molecule has 0 radical (unpaired) electrons. The molecular weight excluding hydrogens is 173 g/mol. The van der Waals surface area contributed by atoms with Crippen molar-refractivity contribution in [2.75, 3.05) is 19.6 Å². The first-order valence-corrected chi connectivity index (χ1v) is 4.47. The van der Waals surface area contributed by atoms with Crippen molar-refractivity contribution in [2.45, 2.75) is 32.6 Å². The average molecular weight is 194 g/mol. The number of hydrogen-bond donors (Lipinski definition) is 0. The molecule has 0 aromatic heterocycles. The number of nitrogens with zero attached hydrogens (tertiary/aromatic N) is 1. The Morgan fingerprint density at radius 1 is 1.25 bits per heavy atom. The van der Waals surface area contributed by atoms with Gasteiger partial charge in [-0.15, -0.1) is 0 Å². The summed E-state index contributed by atoms with van der Waals surface area (Å²) in [6.45, 7) is 6.19. The van der Waals surface area contributed by atoms with E-state index in [1.807, 2.05) is 0 Å². The number of piperidine rings is 1. The van der Waals surface area contributed by atoms with E-state index in [1.165, 1.54) is 45.3 Å². The zero-order chi connectivity index (χ0) is 7.23. The maximum Gasteiger partial charge on any atom is 1.00 e. The fourth-order valence-corrected chi connectivity index (χ4v) is 1.41. The second-order valence-electron chi connectivity index (χ2n) is 3.06. The molecule has 0 aliphatic carbocycles. The van der Waals surface area contributed by atoms with E-state index in [1.54, 1.807) is 0 Å². The average Bonchev–Trinajstić information content (AvgIpc) is 2.03. The van der Waals surface area contributed by atoms with Crippen molar-refractivity contribution in [3.05, 3.63) is 13.8 Å². The molecule has 0 saturated carbocycles. The molecule has 0 spiro atoms. The van der Waals surface area contributed by atoms with E-state index in [2.05, 4.69) is 18.2 Å². The van der Waals surface area contributed by atoms with E-state index < -0.39 is 0 Å². The molecule has 1 aliphatic rings. The maximum absolute atomic E-state index is 2.57. The van der Waals surface area contributed by atoms with Crippen molar-refractivity contribution in [1.82, 2.24) is 4.90 Å². The number of unbranched alkanes of at least 4 members (excludes halogenated alkanes) is 1. The molecule has 1 heterocycles. The van der Waals surface area contributed by atoms with Crippen LogP contribution in [-0.2, 0) is 0 Å². The molecule has 12 heavy (non-hydrogen) atoms. The van der Waals surface area contributed by atoms with E-state index in [0.717, 1.165) is 0 Å². The van der Waals surface area contributed by atoms with Crippen molar-refractivity contribution in [3.8, 4) is 0 Å². The van der Waals surface area contributed by atoms with E-state index in [0.29, 0.717) is 0 Å². The molecule has 0 bridgehead atoms. The third kappa shape index (κ3) is 7.04. The fraction of sp³-hybridized carbons (Fsp3) is 0.800. The Bertz CT molecular complexity index is 79.9. The van der Waals surface area contributed by atoms with Crippen LogP contribution >= 0.6 is 0 Å². The van der Waals surface area contributed by atoms with Crippen LogP contribution in [0.1, 0.15) is 32.6 Å². The molecule has 1 aliphatic heterocycles. The quantitative estimate of drug-likeness (QED) is 0.434. The molecule has 0 amide bonds. The summed E-state index contributed by atoms with van der Waals surface area (Å²) in [5.41, 5.74) is 0. The van der Waals surface area contributed by atoms with Crippen molar-refractivity contribution in [2.24, 2.45) is 0 Å². The molecule has 2 heteroatoms. The molecule has 1 nitrogen and oxygen atoms in total. The molecule has 1 saturated heterocycles. The van der Waals surface area contributed by atoms with Gasteiger partial charge in [0.05, 0.1) is 0 Å². The number of hydrogen-bond acceptors (Lipinski definition) is 1. The van der Waals surface area contributed by atoms with Crippen molar-refractivity contribution >= 4 is 0 Å². The van der Waals surface area contributed by atoms with Gasteiger partial charge >= 0.3 is 51.4 Å². The van der Waals surface area contributed by atoms with Crippen LogP contribution in [0.5, 0.6) is 0 Å². The second-order valence-corrected chi connectivity index (χ2v) is 3.06. The third-order valence-electron chi connectivity index (χ3n) is 2.13. The van der Waals surface area contributed by atoms with E-state index >= 15 is 0 Å². The van der Waals surface area contributed by atoms with Gasteiger partial charge in [0.15, 0.2) is 0 Å². The number of rotatable bonds is 3. The van der Waals surface area contributed by atoms with Gasteiger partial charge in [-0.25, -0.2) is 0 Å². The zero-order valence-corrected chi connectivity index (χ0v) is 12.1. The minimum atomic E-state index is 0. The third-order valence-corrected chi connectivity index (χ3v) is 2.13. The van der Waals surface area contributed by atoms with Crippen LogP contribution in [0.3, 0.4) is 0 Å². The van der Waals surface area contributed by atoms with Gasteiger partial charge in [0.25, 0.3) is 0 Å². The van der Waals surface area contributed by atoms with Crippen molar-refractivity contribution < 1.29 is 51.4 Å². The Morgan fingerprint density at radius 3 is 2.33 bits per heavy atom. The Balaban J connectivity index is 0. The fourth-order valence-electron chi connectivity index (χ4n) is 1.41. The predicted molar refractivity (Wildman–Crippen MR) is 51.3 cm³/mol.